The van der Waals surface area contributed by atoms with Gasteiger partial charge in [-0.3, -0.25) is 0 Å². The summed E-state index contributed by atoms with van der Waals surface area (Å²) in [7, 11) is 0. The van der Waals surface area contributed by atoms with Crippen molar-refractivity contribution in [2.24, 2.45) is 0 Å². The van der Waals surface area contributed by atoms with Gasteiger partial charge in [-0.25, -0.2) is 0 Å². The van der Waals surface area contributed by atoms with Crippen molar-refractivity contribution in [2.45, 2.75) is 6.42 Å². The van der Waals surface area contributed by atoms with Gasteiger partial charge in [0.15, 0.2) is 0 Å². The van der Waals surface area contributed by atoms with Crippen molar-refractivity contribution in [3.8, 4) is 0 Å². The van der Waals surface area contributed by atoms with Crippen LogP contribution in [0.3, 0.4) is 0 Å². The molecule has 0 bridgehead atoms. The van der Waals surface area contributed by atoms with Gasteiger partial charge in [-0.1, -0.05) is 0 Å². The minimum atomic E-state index is -2.69. The van der Waals surface area contributed by atoms with Gasteiger partial charge < -0.3 is 0 Å². The number of halogens is 1. The normalized spacial score (nSPS) is 13.2. The predicted molar refractivity (Wildman–Crippen MR) is 117 cm³/mol. The first kappa shape index (κ1) is 17.7. The summed E-state index contributed by atoms with van der Waals surface area (Å²) in [6.45, 7) is 0. The molecule has 0 atom stereocenters. The first-order valence-corrected chi connectivity index (χ1v) is 13.3. The molecule has 0 aliphatic carbocycles. The molecule has 0 aliphatic rings. The van der Waals surface area contributed by atoms with Crippen molar-refractivity contribution in [3.05, 3.63) is 91.0 Å². The van der Waals surface area contributed by atoms with Gasteiger partial charge in [-0.15, -0.1) is 0 Å². The molecule has 3 aromatic rings. The van der Waals surface area contributed by atoms with E-state index in [4.69, 9.17) is 0 Å². The van der Waals surface area contributed by atoms with Crippen molar-refractivity contribution in [1.82, 2.24) is 0 Å². The van der Waals surface area contributed by atoms with Crippen LogP contribution in [0, 0.1) is 0 Å². The molecular formula is C21H22BrPS. The molecule has 0 amide bonds. The number of hydrogen-bond acceptors (Lipinski definition) is 1. The summed E-state index contributed by atoms with van der Waals surface area (Å²) in [5.74, 6) is 0.885. The molecular weight excluding hydrogens is 395 g/mol. The van der Waals surface area contributed by atoms with Crippen molar-refractivity contribution >= 4 is 49.3 Å². The fraction of sp³-hybridized carbons (Fsp3) is 0.143. The van der Waals surface area contributed by atoms with Gasteiger partial charge in [0.2, 0.25) is 0 Å². The molecule has 0 saturated heterocycles. The van der Waals surface area contributed by atoms with Crippen LogP contribution < -0.4 is 15.9 Å². The van der Waals surface area contributed by atoms with E-state index in [1.54, 1.807) is 0 Å². The second-order valence-corrected chi connectivity index (χ2v) is 15.5. The molecule has 0 unspecified atom stereocenters. The van der Waals surface area contributed by atoms with E-state index in [9.17, 15) is 0 Å². The Labute approximate surface area is 158 Å². The molecule has 3 rings (SSSR count). The molecule has 0 aliphatic heterocycles. The third kappa shape index (κ3) is 2.96. The monoisotopic (exact) mass is 416 g/mol. The summed E-state index contributed by atoms with van der Waals surface area (Å²) in [4.78, 5) is 0. The van der Waals surface area contributed by atoms with Crippen molar-refractivity contribution < 1.29 is 0 Å². The van der Waals surface area contributed by atoms with Crippen molar-refractivity contribution in [3.63, 3.8) is 0 Å². The van der Waals surface area contributed by atoms with Crippen LogP contribution in [0.25, 0.3) is 0 Å². The predicted octanol–water partition coefficient (Wildman–Crippen LogP) is 5.15. The minimum absolute atomic E-state index is 0.885. The van der Waals surface area contributed by atoms with Crippen LogP contribution in [-0.2, 0) is 0 Å². The van der Waals surface area contributed by atoms with Crippen LogP contribution in [0.2, 0.25) is 0 Å². The van der Waals surface area contributed by atoms with Gasteiger partial charge in [0.05, 0.1) is 0 Å². The quantitative estimate of drug-likeness (QED) is 0.417. The summed E-state index contributed by atoms with van der Waals surface area (Å²) in [6, 6.07) is 32.7. The summed E-state index contributed by atoms with van der Waals surface area (Å²) in [5, 5.41) is 1.44. The zero-order valence-electron chi connectivity index (χ0n) is 13.6. The zero-order valence-corrected chi connectivity index (χ0v) is 16.9. The molecule has 0 N–H and O–H groups in total. The molecule has 0 nitrogen and oxygen atoms in total. The molecule has 0 radical (unpaired) electrons. The fourth-order valence-corrected chi connectivity index (χ4v) is 11.5. The number of rotatable bonds is 6. The second-order valence-electron chi connectivity index (χ2n) is 5.99. The number of benzene rings is 3. The Balaban J connectivity index is 2.37. The molecule has 0 saturated carbocycles. The van der Waals surface area contributed by atoms with E-state index in [1.165, 1.54) is 15.9 Å². The van der Waals surface area contributed by atoms with E-state index in [0.717, 1.165) is 18.3 Å². The topological polar surface area (TPSA) is 0 Å². The van der Waals surface area contributed by atoms with Crippen LogP contribution in [0.15, 0.2) is 91.0 Å². The first-order valence-electron chi connectivity index (χ1n) is 8.20. The summed E-state index contributed by atoms with van der Waals surface area (Å²) >= 11 is 8.92. The molecule has 0 fully saturated rings. The van der Waals surface area contributed by atoms with E-state index >= 15 is 0 Å². The third-order valence-corrected chi connectivity index (χ3v) is 15.0. The summed E-state index contributed by atoms with van der Waals surface area (Å²) in [5.41, 5.74) is 0. The molecule has 124 valence electrons. The third-order valence-electron chi connectivity index (χ3n) is 4.62. The molecule has 0 heterocycles. The van der Waals surface area contributed by atoms with Crippen LogP contribution in [0.4, 0.5) is 0 Å². The van der Waals surface area contributed by atoms with Gasteiger partial charge in [-0.05, 0) is 0 Å². The SMILES string of the molecule is SCCCP(Br)(c1ccccc1)(c1ccccc1)c1ccccc1. The maximum absolute atomic E-state index is 4.51. The molecule has 0 spiro atoms. The molecule has 3 aromatic carbocycles. The van der Waals surface area contributed by atoms with E-state index in [2.05, 4.69) is 119 Å². The Bertz CT molecular complexity index is 675. The average molecular weight is 417 g/mol. The van der Waals surface area contributed by atoms with E-state index < -0.39 is 5.31 Å². The Morgan fingerprint density at radius 1 is 0.625 bits per heavy atom. The molecule has 3 heteroatoms. The van der Waals surface area contributed by atoms with Gasteiger partial charge >= 0.3 is 159 Å². The maximum atomic E-state index is 4.51. The first-order chi connectivity index (χ1) is 11.7. The van der Waals surface area contributed by atoms with Gasteiger partial charge in [0.25, 0.3) is 0 Å². The Hall–Kier alpha value is -1.08. The van der Waals surface area contributed by atoms with Crippen LogP contribution in [-0.4, -0.2) is 11.9 Å². The number of thiol groups is 1. The van der Waals surface area contributed by atoms with Gasteiger partial charge in [0, 0.05) is 0 Å². The van der Waals surface area contributed by atoms with E-state index in [0.29, 0.717) is 0 Å². The van der Waals surface area contributed by atoms with Crippen LogP contribution in [0.5, 0.6) is 0 Å². The van der Waals surface area contributed by atoms with Crippen LogP contribution >= 0.6 is 33.4 Å². The Morgan fingerprint density at radius 2 is 0.958 bits per heavy atom. The van der Waals surface area contributed by atoms with Crippen molar-refractivity contribution in [1.29, 1.82) is 0 Å². The Kier molecular flexibility index (Phi) is 5.49. The molecule has 0 aromatic heterocycles. The van der Waals surface area contributed by atoms with Crippen molar-refractivity contribution in [2.75, 3.05) is 11.9 Å². The Morgan fingerprint density at radius 3 is 1.25 bits per heavy atom. The van der Waals surface area contributed by atoms with Gasteiger partial charge in [-0.2, -0.15) is 0 Å². The van der Waals surface area contributed by atoms with Gasteiger partial charge in [0.1, 0.15) is 0 Å². The second kappa shape index (κ2) is 7.44. The average Bonchev–Trinajstić information content (AvgIpc) is 2.68. The standard InChI is InChI=1S/C21H22BrPS/c22-23(17-10-18-24,19-11-4-1-5-12-19,20-13-6-2-7-14-20)21-15-8-3-9-16-21/h1-9,11-16,24H,10,17-18H2. The fourth-order valence-electron chi connectivity index (χ4n) is 3.42. The van der Waals surface area contributed by atoms with E-state index in [1.807, 2.05) is 0 Å². The summed E-state index contributed by atoms with van der Waals surface area (Å²) < 4.78 is 0. The molecule has 24 heavy (non-hydrogen) atoms. The van der Waals surface area contributed by atoms with Crippen LogP contribution in [0.1, 0.15) is 6.42 Å². The zero-order chi connectivity index (χ0) is 16.9. The number of hydrogen-bond donors (Lipinski definition) is 1. The van der Waals surface area contributed by atoms with E-state index in [-0.39, 0.29) is 0 Å². The summed E-state index contributed by atoms with van der Waals surface area (Å²) in [6.07, 6.45) is 2.12.